The summed E-state index contributed by atoms with van der Waals surface area (Å²) < 4.78 is 25.0. The van der Waals surface area contributed by atoms with Crippen molar-refractivity contribution in [2.45, 2.75) is 103 Å². The monoisotopic (exact) mass is 807 g/mol. The molecule has 1 amide bonds. The maximum absolute atomic E-state index is 15.4. The van der Waals surface area contributed by atoms with Crippen LogP contribution in [0.15, 0.2) is 102 Å². The van der Waals surface area contributed by atoms with Gasteiger partial charge in [0.05, 0.1) is 24.1 Å². The van der Waals surface area contributed by atoms with Gasteiger partial charge in [0.25, 0.3) is 5.91 Å². The Bertz CT molecular complexity index is 2160. The lowest BCUT2D eigenvalue weighted by Crippen LogP contribution is -2.80. The number of fused-ring (bicyclic) bond motifs is 5. The van der Waals surface area contributed by atoms with Crippen molar-refractivity contribution >= 4 is 29.6 Å². The molecule has 1 aliphatic heterocycles. The quantitative estimate of drug-likeness (QED) is 0.137. The number of amides is 1. The summed E-state index contributed by atoms with van der Waals surface area (Å²) in [6.07, 6.45) is -5.27. The summed E-state index contributed by atoms with van der Waals surface area (Å²) in [4.78, 5) is 70.3. The molecule has 0 aromatic heterocycles. The normalized spacial score (nSPS) is 33.0. The van der Waals surface area contributed by atoms with E-state index in [1.807, 2.05) is 6.92 Å². The fourth-order valence-corrected chi connectivity index (χ4v) is 10.7. The summed E-state index contributed by atoms with van der Waals surface area (Å²) in [5.41, 5.74) is -4.18. The fourth-order valence-electron chi connectivity index (χ4n) is 10.7. The van der Waals surface area contributed by atoms with Crippen LogP contribution >= 0.6 is 0 Å². The maximum Gasteiger partial charge on any atom is 0.338 e. The number of nitrogens with one attached hydrogen (secondary N) is 1. The average Bonchev–Trinajstić information content (AvgIpc) is 3.21. The largest absolute Gasteiger partial charge is 0.456 e. The molecule has 59 heavy (non-hydrogen) atoms. The van der Waals surface area contributed by atoms with Gasteiger partial charge >= 0.3 is 17.9 Å². The lowest BCUT2D eigenvalue weighted by molar-refractivity contribution is -0.339. The molecule has 3 aromatic carbocycles. The smallest absolute Gasteiger partial charge is 0.338 e. The first-order valence-corrected chi connectivity index (χ1v) is 20.2. The van der Waals surface area contributed by atoms with Gasteiger partial charge in [-0.25, -0.2) is 9.59 Å². The number of rotatable bonds is 9. The second-order valence-corrected chi connectivity index (χ2v) is 17.5. The van der Waals surface area contributed by atoms with Crippen LogP contribution in [-0.2, 0) is 33.3 Å². The van der Waals surface area contributed by atoms with E-state index in [9.17, 15) is 29.4 Å². The van der Waals surface area contributed by atoms with Gasteiger partial charge in [0.1, 0.15) is 29.7 Å². The third-order valence-electron chi connectivity index (χ3n) is 14.0. The van der Waals surface area contributed by atoms with Crippen molar-refractivity contribution < 1.29 is 53.1 Å². The van der Waals surface area contributed by atoms with Crippen molar-refractivity contribution in [1.82, 2.24) is 5.32 Å². The molecule has 3 aliphatic carbocycles. The number of hydrogen-bond donors (Lipinski definition) is 3. The first-order valence-electron chi connectivity index (χ1n) is 20.2. The van der Waals surface area contributed by atoms with E-state index >= 15 is 4.79 Å². The Kier molecular flexibility index (Phi) is 11.0. The van der Waals surface area contributed by atoms with Gasteiger partial charge in [0.2, 0.25) is 0 Å². The fraction of sp³-hybridized carbons (Fsp3) is 0.468. The second kappa shape index (κ2) is 15.5. The molecule has 12 nitrogen and oxygen atoms in total. The molecule has 0 spiro atoms. The number of ketones is 1. The van der Waals surface area contributed by atoms with Gasteiger partial charge in [-0.1, -0.05) is 101 Å². The standard InChI is InChI=1S/C47H53NO11/c1-26-23-34-46(25-56-34,59-29(4)49)38-40(58-42(53)32-21-15-10-16-22-32)47(55)24-33(27(2)35(44(47,5)6)28(3)39(51)45(26,38)7)57-43(54)37(50)36(30-17-11-8-12-18-30)48-41(52)31-19-13-9-14-20-31/h8-22,26,28,33-34,36-38,40,50,55H,23-25H2,1-7H3,(H,48,52)/t26-,28+,33-,34+,36-,37+,38?,40-,45+,46-,47+/m0/s1. The van der Waals surface area contributed by atoms with E-state index in [0.717, 1.165) is 0 Å². The number of carbonyl (C=O) groups excluding carboxylic acids is 5. The summed E-state index contributed by atoms with van der Waals surface area (Å²) in [5.74, 6) is -5.54. The zero-order chi connectivity index (χ0) is 42.7. The first-order chi connectivity index (χ1) is 27.9. The predicted molar refractivity (Wildman–Crippen MR) is 214 cm³/mol. The third kappa shape index (κ3) is 6.79. The molecular weight excluding hydrogens is 755 g/mol. The van der Waals surface area contributed by atoms with Crippen molar-refractivity contribution in [3.8, 4) is 0 Å². The van der Waals surface area contributed by atoms with Gasteiger partial charge in [-0.2, -0.15) is 0 Å². The lowest BCUT2D eigenvalue weighted by Gasteiger charge is -2.68. The molecule has 7 rings (SSSR count). The number of aliphatic hydroxyl groups is 2. The zero-order valence-corrected chi connectivity index (χ0v) is 34.5. The van der Waals surface area contributed by atoms with Crippen molar-refractivity contribution in [3.63, 3.8) is 0 Å². The highest BCUT2D eigenvalue weighted by molar-refractivity contribution is 5.95. The number of hydrogen-bond acceptors (Lipinski definition) is 11. The minimum Gasteiger partial charge on any atom is -0.456 e. The Morgan fingerprint density at radius 1 is 0.864 bits per heavy atom. The van der Waals surface area contributed by atoms with E-state index in [1.165, 1.54) is 6.92 Å². The van der Waals surface area contributed by atoms with Crippen molar-refractivity contribution in [1.29, 1.82) is 0 Å². The molecule has 12 heteroatoms. The van der Waals surface area contributed by atoms with Gasteiger partial charge in [-0.15, -0.1) is 0 Å². The summed E-state index contributed by atoms with van der Waals surface area (Å²) in [5, 5.41) is 28.2. The van der Waals surface area contributed by atoms with Gasteiger partial charge in [0, 0.05) is 35.7 Å². The van der Waals surface area contributed by atoms with Crippen LogP contribution in [0.3, 0.4) is 0 Å². The Hall–Kier alpha value is -5.17. The molecule has 3 N–H and O–H groups in total. The van der Waals surface area contributed by atoms with Crippen LogP contribution in [0.1, 0.15) is 93.6 Å². The lowest BCUT2D eigenvalue weighted by atomic mass is 9.42. The van der Waals surface area contributed by atoms with Crippen molar-refractivity contribution in [2.75, 3.05) is 6.61 Å². The summed E-state index contributed by atoms with van der Waals surface area (Å²) in [6, 6.07) is 23.9. The highest BCUT2D eigenvalue weighted by Gasteiger charge is 2.77. The first kappa shape index (κ1) is 42.0. The maximum atomic E-state index is 15.4. The van der Waals surface area contributed by atoms with Crippen LogP contribution < -0.4 is 5.32 Å². The van der Waals surface area contributed by atoms with Crippen molar-refractivity contribution in [3.05, 3.63) is 119 Å². The van der Waals surface area contributed by atoms with Gasteiger partial charge in [0.15, 0.2) is 11.7 Å². The molecule has 312 valence electrons. The number of benzene rings is 3. The topological polar surface area (TPSA) is 175 Å². The van der Waals surface area contributed by atoms with E-state index in [4.69, 9.17) is 18.9 Å². The van der Waals surface area contributed by atoms with Crippen LogP contribution in [0.5, 0.6) is 0 Å². The molecule has 0 radical (unpaired) electrons. The Morgan fingerprint density at radius 3 is 2.00 bits per heavy atom. The molecule has 3 fully saturated rings. The van der Waals surface area contributed by atoms with Gasteiger partial charge < -0.3 is 34.5 Å². The van der Waals surface area contributed by atoms with Gasteiger partial charge in [-0.05, 0) is 60.2 Å². The minimum absolute atomic E-state index is 0.0936. The van der Waals surface area contributed by atoms with E-state index < -0.39 is 88.1 Å². The minimum atomic E-state index is -2.08. The average molecular weight is 808 g/mol. The third-order valence-corrected chi connectivity index (χ3v) is 14.0. The molecule has 1 unspecified atom stereocenters. The molecule has 4 aliphatic rings. The van der Waals surface area contributed by atoms with E-state index in [2.05, 4.69) is 5.32 Å². The van der Waals surface area contributed by atoms with Crippen molar-refractivity contribution in [2.24, 2.45) is 28.6 Å². The zero-order valence-electron chi connectivity index (χ0n) is 34.5. The number of aliphatic hydroxyl groups excluding tert-OH is 1. The number of esters is 3. The number of carbonyl (C=O) groups is 5. The number of ether oxygens (including phenoxy) is 4. The predicted octanol–water partition coefficient (Wildman–Crippen LogP) is 5.72. The molecule has 3 aromatic rings. The van der Waals surface area contributed by atoms with Crippen LogP contribution in [-0.4, -0.2) is 82.0 Å². The van der Waals surface area contributed by atoms with E-state index in [1.54, 1.807) is 126 Å². The Morgan fingerprint density at radius 2 is 1.44 bits per heavy atom. The summed E-state index contributed by atoms with van der Waals surface area (Å²) in [6.45, 7) is 12.0. The second-order valence-electron chi connectivity index (χ2n) is 17.5. The van der Waals surface area contributed by atoms with Crippen LogP contribution in [0, 0.1) is 28.6 Å². The molecule has 1 saturated heterocycles. The summed E-state index contributed by atoms with van der Waals surface area (Å²) >= 11 is 0. The molecule has 2 bridgehead atoms. The van der Waals surface area contributed by atoms with Crippen LogP contribution in [0.25, 0.3) is 0 Å². The Labute approximate surface area is 344 Å². The summed E-state index contributed by atoms with van der Waals surface area (Å²) in [7, 11) is 0. The molecule has 2 saturated carbocycles. The molecule has 11 atom stereocenters. The number of Topliss-reactive ketones (excluding diaryl/α,β-unsaturated/α-hetero) is 1. The highest BCUT2D eigenvalue weighted by atomic mass is 16.6. The molecular formula is C47H53NO11. The van der Waals surface area contributed by atoms with Crippen LogP contribution in [0.4, 0.5) is 0 Å². The SMILES string of the molecule is CC(=O)O[C@@]12CO[C@@H]1C[C@H](C)[C@@]1(C)C(=O)[C@H](C)C3=C(C)[C@@H](OC(=O)[C@H](O)[C@@H](NC(=O)c4ccccc4)c4ccccc4)C[C@@](O)([C@@H](OC(=O)c4ccccc4)C12)C3(C)C. The van der Waals surface area contributed by atoms with Crippen LogP contribution in [0.2, 0.25) is 0 Å². The highest BCUT2D eigenvalue weighted by Crippen LogP contribution is 2.66. The molecule has 1 heterocycles. The Balaban J connectivity index is 1.34. The van der Waals surface area contributed by atoms with Gasteiger partial charge in [-0.3, -0.25) is 14.4 Å². The van der Waals surface area contributed by atoms with E-state index in [0.29, 0.717) is 28.7 Å². The van der Waals surface area contributed by atoms with E-state index in [-0.39, 0.29) is 30.3 Å².